The summed E-state index contributed by atoms with van der Waals surface area (Å²) < 4.78 is 60.7. The van der Waals surface area contributed by atoms with Crippen LogP contribution in [0.3, 0.4) is 0 Å². The molecule has 1 aromatic carbocycles. The van der Waals surface area contributed by atoms with E-state index >= 15 is 0 Å². The van der Waals surface area contributed by atoms with Gasteiger partial charge in [-0.15, -0.1) is 0 Å². The molecule has 1 aromatic heterocycles. The van der Waals surface area contributed by atoms with Gasteiger partial charge in [-0.25, -0.2) is 0 Å². The quantitative estimate of drug-likeness (QED) is 0.327. The van der Waals surface area contributed by atoms with E-state index in [1.54, 1.807) is 12.1 Å². The maximum atomic E-state index is 13.5. The Morgan fingerprint density at radius 2 is 1.62 bits per heavy atom. The molecule has 0 radical (unpaired) electrons. The minimum Gasteiger partial charge on any atom is -0.410 e. The monoisotopic (exact) mass is 601 g/mol. The number of alkyl halides is 3. The topological polar surface area (TPSA) is 40.6 Å². The van der Waals surface area contributed by atoms with Crippen molar-refractivity contribution in [2.45, 2.75) is 128 Å². The second kappa shape index (κ2) is 10.1. The Morgan fingerprint density at radius 1 is 0.976 bits per heavy atom. The highest BCUT2D eigenvalue weighted by Gasteiger charge is 2.55. The highest BCUT2D eigenvalue weighted by Crippen LogP contribution is 2.61. The molecule has 6 rings (SSSR count). The van der Waals surface area contributed by atoms with Crippen molar-refractivity contribution in [3.05, 3.63) is 63.5 Å². The molecule has 8 heteroatoms. The van der Waals surface area contributed by atoms with Crippen LogP contribution >= 0.6 is 0 Å². The Hall–Kier alpha value is -1.74. The van der Waals surface area contributed by atoms with E-state index in [9.17, 15) is 13.2 Å². The number of benzene rings is 1. The standard InChI is InChI=1S/C34H46F3NO3Si/c1-21(2)29-27-28(26-24(38-29)19-32(13-8-14-32)20-25(26)41-42(6,7)31(3,4)5)33(15-17-39-18-16-33)40-30(27)22-9-11-23(12-10-22)34(35,36)37/h9-12,21,25,30H,8,13-20H2,1-7H3/t25-,30+/m0/s1. The Bertz CT molecular complexity index is 1340. The first-order valence-electron chi connectivity index (χ1n) is 15.7. The number of nitrogens with zero attached hydrogens (tertiary/aromatic N) is 1. The lowest BCUT2D eigenvalue weighted by Crippen LogP contribution is -2.47. The summed E-state index contributed by atoms with van der Waals surface area (Å²) >= 11 is 0. The van der Waals surface area contributed by atoms with Crippen LogP contribution in [0.5, 0.6) is 0 Å². The fraction of sp³-hybridized carbons (Fsp3) is 0.676. The van der Waals surface area contributed by atoms with Crippen LogP contribution in [0.1, 0.15) is 130 Å². The maximum Gasteiger partial charge on any atom is 0.416 e. The minimum absolute atomic E-state index is 0.0570. The fourth-order valence-electron chi connectivity index (χ4n) is 7.47. The van der Waals surface area contributed by atoms with Gasteiger partial charge in [0.05, 0.1) is 17.3 Å². The summed E-state index contributed by atoms with van der Waals surface area (Å²) in [6, 6.07) is 5.54. The molecule has 3 heterocycles. The van der Waals surface area contributed by atoms with Gasteiger partial charge in [0.1, 0.15) is 6.10 Å². The zero-order valence-corrected chi connectivity index (χ0v) is 27.2. The summed E-state index contributed by atoms with van der Waals surface area (Å²) in [5.74, 6) is 0.138. The predicted octanol–water partition coefficient (Wildman–Crippen LogP) is 9.53. The Balaban J connectivity index is 1.58. The molecule has 0 amide bonds. The minimum atomic E-state index is -4.38. The summed E-state index contributed by atoms with van der Waals surface area (Å²) in [4.78, 5) is 5.46. The number of aromatic nitrogens is 1. The second-order valence-corrected chi connectivity index (χ2v) is 19.9. The van der Waals surface area contributed by atoms with E-state index in [1.165, 1.54) is 42.5 Å². The fourth-order valence-corrected chi connectivity index (χ4v) is 8.73. The number of ether oxygens (including phenoxy) is 2. The normalized spacial score (nSPS) is 25.0. The summed E-state index contributed by atoms with van der Waals surface area (Å²) in [5, 5.41) is 0.0570. The predicted molar refractivity (Wildman–Crippen MR) is 160 cm³/mol. The first-order valence-corrected chi connectivity index (χ1v) is 18.6. The van der Waals surface area contributed by atoms with Crippen molar-refractivity contribution in [1.29, 1.82) is 0 Å². The van der Waals surface area contributed by atoms with Crippen molar-refractivity contribution in [3.8, 4) is 0 Å². The van der Waals surface area contributed by atoms with Crippen molar-refractivity contribution in [3.63, 3.8) is 0 Å². The van der Waals surface area contributed by atoms with Crippen LogP contribution < -0.4 is 0 Å². The molecule has 2 fully saturated rings. The molecular weight excluding hydrogens is 555 g/mol. The molecule has 1 saturated carbocycles. The smallest absolute Gasteiger partial charge is 0.410 e. The lowest BCUT2D eigenvalue weighted by atomic mass is 9.58. The molecule has 2 aliphatic carbocycles. The van der Waals surface area contributed by atoms with Crippen molar-refractivity contribution < 1.29 is 27.1 Å². The van der Waals surface area contributed by atoms with E-state index in [0.29, 0.717) is 26.1 Å². The zero-order chi connectivity index (χ0) is 30.3. The van der Waals surface area contributed by atoms with Crippen molar-refractivity contribution in [1.82, 2.24) is 4.98 Å². The van der Waals surface area contributed by atoms with Gasteiger partial charge in [-0.1, -0.05) is 53.2 Å². The zero-order valence-electron chi connectivity index (χ0n) is 26.2. The van der Waals surface area contributed by atoms with Gasteiger partial charge in [0, 0.05) is 48.6 Å². The number of rotatable bonds is 4. The van der Waals surface area contributed by atoms with Crippen LogP contribution in [0.25, 0.3) is 0 Å². The summed E-state index contributed by atoms with van der Waals surface area (Å²) in [6.07, 6.45) is 2.13. The van der Waals surface area contributed by atoms with E-state index in [2.05, 4.69) is 47.7 Å². The molecule has 2 spiro atoms. The third kappa shape index (κ3) is 4.98. The molecule has 4 aliphatic rings. The molecule has 2 aromatic rings. The van der Waals surface area contributed by atoms with Gasteiger partial charge >= 0.3 is 6.18 Å². The number of hydrogen-bond donors (Lipinski definition) is 0. The van der Waals surface area contributed by atoms with Crippen LogP contribution in [0.15, 0.2) is 24.3 Å². The molecule has 1 saturated heterocycles. The highest BCUT2D eigenvalue weighted by molar-refractivity contribution is 6.74. The first-order chi connectivity index (χ1) is 19.6. The number of halogens is 3. The largest absolute Gasteiger partial charge is 0.416 e. The van der Waals surface area contributed by atoms with E-state index in [-0.39, 0.29) is 22.5 Å². The Kier molecular flexibility index (Phi) is 7.32. The lowest BCUT2D eigenvalue weighted by Gasteiger charge is -2.51. The Morgan fingerprint density at radius 3 is 2.14 bits per heavy atom. The van der Waals surface area contributed by atoms with E-state index in [1.807, 2.05) is 0 Å². The number of hydrogen-bond acceptors (Lipinski definition) is 4. The van der Waals surface area contributed by atoms with Gasteiger partial charge in [-0.05, 0) is 78.4 Å². The first kappa shape index (κ1) is 30.3. The van der Waals surface area contributed by atoms with E-state index < -0.39 is 31.8 Å². The van der Waals surface area contributed by atoms with Crippen LogP contribution in [0, 0.1) is 5.41 Å². The molecule has 0 N–H and O–H groups in total. The molecule has 0 unspecified atom stereocenters. The number of pyridine rings is 1. The third-order valence-corrected chi connectivity index (χ3v) is 15.5. The SMILES string of the molecule is CC(C)c1nc2c(c3c1[C@@H](c1ccc(C(F)(F)F)cc1)OC31CCOCC1)[C@@H](O[Si](C)(C)C(C)(C)C)CC1(CCC1)C2. The van der Waals surface area contributed by atoms with E-state index in [0.717, 1.165) is 35.4 Å². The van der Waals surface area contributed by atoms with Crippen molar-refractivity contribution in [2.24, 2.45) is 5.41 Å². The van der Waals surface area contributed by atoms with Gasteiger partial charge < -0.3 is 13.9 Å². The van der Waals surface area contributed by atoms with Crippen LogP contribution in [-0.2, 0) is 32.1 Å². The summed E-state index contributed by atoms with van der Waals surface area (Å²) in [6.45, 7) is 17.0. The van der Waals surface area contributed by atoms with Gasteiger partial charge in [0.2, 0.25) is 0 Å². The average Bonchev–Trinajstić information content (AvgIpc) is 3.20. The van der Waals surface area contributed by atoms with Crippen LogP contribution in [-0.4, -0.2) is 26.5 Å². The van der Waals surface area contributed by atoms with E-state index in [4.69, 9.17) is 18.9 Å². The molecule has 2 aliphatic heterocycles. The molecule has 42 heavy (non-hydrogen) atoms. The van der Waals surface area contributed by atoms with Crippen LogP contribution in [0.4, 0.5) is 13.2 Å². The molecule has 0 bridgehead atoms. The lowest BCUT2D eigenvalue weighted by molar-refractivity contribution is -0.137. The van der Waals surface area contributed by atoms with Gasteiger partial charge in [0.25, 0.3) is 0 Å². The highest BCUT2D eigenvalue weighted by atomic mass is 28.4. The van der Waals surface area contributed by atoms with Gasteiger partial charge in [-0.3, -0.25) is 4.98 Å². The summed E-state index contributed by atoms with van der Waals surface area (Å²) in [7, 11) is -2.15. The summed E-state index contributed by atoms with van der Waals surface area (Å²) in [5.41, 5.74) is 5.42. The van der Waals surface area contributed by atoms with Crippen molar-refractivity contribution in [2.75, 3.05) is 13.2 Å². The molecule has 230 valence electrons. The van der Waals surface area contributed by atoms with Gasteiger partial charge in [-0.2, -0.15) is 13.2 Å². The van der Waals surface area contributed by atoms with Crippen LogP contribution in [0.2, 0.25) is 18.1 Å². The average molecular weight is 602 g/mol. The second-order valence-electron chi connectivity index (χ2n) is 15.1. The third-order valence-electron chi connectivity index (χ3n) is 11.0. The maximum absolute atomic E-state index is 13.5. The Labute approximate surface area is 249 Å². The molecule has 4 nitrogen and oxygen atoms in total. The van der Waals surface area contributed by atoms with Crippen molar-refractivity contribution >= 4 is 8.32 Å². The molecular formula is C34H46F3NO3Si. The number of fused-ring (bicyclic) bond motifs is 4. The van der Waals surface area contributed by atoms with Gasteiger partial charge in [0.15, 0.2) is 8.32 Å². The molecule has 2 atom stereocenters.